The molecule has 0 saturated carbocycles. The number of amides is 1. The zero-order chi connectivity index (χ0) is 12.9. The number of nitrogens with one attached hydrogen (secondary N) is 3. The molecule has 1 aromatic heterocycles. The van der Waals surface area contributed by atoms with E-state index in [2.05, 4.69) is 15.4 Å². The first-order chi connectivity index (χ1) is 8.01. The lowest BCUT2D eigenvalue weighted by molar-refractivity contribution is 0.0958. The van der Waals surface area contributed by atoms with Gasteiger partial charge < -0.3 is 10.6 Å². The van der Waals surface area contributed by atoms with E-state index in [1.54, 1.807) is 7.05 Å². The Morgan fingerprint density at radius 2 is 2.06 bits per heavy atom. The molecule has 0 aromatic carbocycles. The van der Waals surface area contributed by atoms with E-state index < -0.39 is 10.0 Å². The van der Waals surface area contributed by atoms with Crippen LogP contribution in [0.5, 0.6) is 0 Å². The van der Waals surface area contributed by atoms with E-state index in [4.69, 9.17) is 0 Å². The van der Waals surface area contributed by atoms with Crippen molar-refractivity contribution in [3.63, 3.8) is 0 Å². The van der Waals surface area contributed by atoms with E-state index in [1.165, 1.54) is 18.5 Å². The number of likely N-dealkylation sites (N-methyl/N-ethyl adjacent to an activating group) is 1. The van der Waals surface area contributed by atoms with Gasteiger partial charge in [-0.05, 0) is 20.2 Å². The van der Waals surface area contributed by atoms with E-state index in [0.29, 0.717) is 18.0 Å². The van der Waals surface area contributed by atoms with Crippen LogP contribution in [0, 0.1) is 0 Å². The Bertz CT molecular complexity index is 481. The van der Waals surface area contributed by atoms with Gasteiger partial charge in [-0.1, -0.05) is 0 Å². The van der Waals surface area contributed by atoms with Crippen molar-refractivity contribution in [3.8, 4) is 0 Å². The molecular weight excluding hydrogens is 262 g/mol. The highest BCUT2D eigenvalue weighted by Crippen LogP contribution is 2.18. The molecule has 0 radical (unpaired) electrons. The lowest BCUT2D eigenvalue weighted by atomic mass is 10.4. The van der Waals surface area contributed by atoms with Crippen LogP contribution in [-0.4, -0.2) is 41.5 Å². The minimum Gasteiger partial charge on any atom is -0.350 e. The van der Waals surface area contributed by atoms with Crippen molar-refractivity contribution in [3.05, 3.63) is 16.3 Å². The van der Waals surface area contributed by atoms with Gasteiger partial charge in [0.1, 0.15) is 0 Å². The summed E-state index contributed by atoms with van der Waals surface area (Å²) in [5.41, 5.74) is 0. The molecule has 0 bridgehead atoms. The van der Waals surface area contributed by atoms with Crippen molar-refractivity contribution in [2.75, 3.05) is 27.2 Å². The van der Waals surface area contributed by atoms with E-state index in [9.17, 15) is 13.2 Å². The average Bonchev–Trinajstić information content (AvgIpc) is 2.79. The number of thiophene rings is 1. The van der Waals surface area contributed by atoms with Crippen LogP contribution in [0.3, 0.4) is 0 Å². The van der Waals surface area contributed by atoms with Gasteiger partial charge in [0.15, 0.2) is 0 Å². The van der Waals surface area contributed by atoms with E-state index in [1.807, 2.05) is 0 Å². The Balaban J connectivity index is 2.71. The molecule has 1 rings (SSSR count). The van der Waals surface area contributed by atoms with Gasteiger partial charge in [0.05, 0.1) is 9.77 Å². The Kier molecular flexibility index (Phi) is 5.06. The summed E-state index contributed by atoms with van der Waals surface area (Å²) in [5, 5.41) is 7.02. The molecule has 17 heavy (non-hydrogen) atoms. The summed E-state index contributed by atoms with van der Waals surface area (Å²) in [7, 11) is -0.348. The van der Waals surface area contributed by atoms with Crippen LogP contribution in [0.15, 0.2) is 16.3 Å². The number of hydrogen-bond donors (Lipinski definition) is 3. The van der Waals surface area contributed by atoms with Gasteiger partial charge in [-0.15, -0.1) is 11.3 Å². The standard InChI is InChI=1S/C9H15N3O3S2/c1-10-3-4-12-9(13)8-5-7(6-16-8)17(14,15)11-2/h5-6,10-11H,3-4H2,1-2H3,(H,12,13). The maximum absolute atomic E-state index is 11.6. The van der Waals surface area contributed by atoms with Crippen LogP contribution in [-0.2, 0) is 10.0 Å². The third-order valence-electron chi connectivity index (χ3n) is 2.04. The molecule has 8 heteroatoms. The second-order valence-corrected chi connectivity index (χ2v) is 6.01. The zero-order valence-electron chi connectivity index (χ0n) is 9.61. The molecule has 1 heterocycles. The van der Waals surface area contributed by atoms with E-state index in [0.717, 1.165) is 11.3 Å². The third kappa shape index (κ3) is 3.77. The van der Waals surface area contributed by atoms with Crippen LogP contribution in [0.25, 0.3) is 0 Å². The number of carbonyl (C=O) groups is 1. The maximum Gasteiger partial charge on any atom is 0.261 e. The lowest BCUT2D eigenvalue weighted by Crippen LogP contribution is -2.29. The van der Waals surface area contributed by atoms with Gasteiger partial charge in [0, 0.05) is 18.5 Å². The summed E-state index contributed by atoms with van der Waals surface area (Å²) in [6.45, 7) is 1.17. The van der Waals surface area contributed by atoms with Crippen molar-refractivity contribution < 1.29 is 13.2 Å². The van der Waals surface area contributed by atoms with Crippen molar-refractivity contribution in [1.82, 2.24) is 15.4 Å². The smallest absolute Gasteiger partial charge is 0.261 e. The zero-order valence-corrected chi connectivity index (χ0v) is 11.2. The molecule has 0 aliphatic heterocycles. The Hall–Kier alpha value is -0.960. The van der Waals surface area contributed by atoms with Crippen molar-refractivity contribution >= 4 is 27.3 Å². The fourth-order valence-corrected chi connectivity index (χ4v) is 3.00. The Morgan fingerprint density at radius 3 is 2.65 bits per heavy atom. The fourth-order valence-electron chi connectivity index (χ4n) is 1.08. The summed E-state index contributed by atoms with van der Waals surface area (Å²) in [6, 6.07) is 1.37. The maximum atomic E-state index is 11.6. The predicted octanol–water partition coefficient (Wildman–Crippen LogP) is -0.395. The highest BCUT2D eigenvalue weighted by Gasteiger charge is 2.16. The first-order valence-electron chi connectivity index (χ1n) is 4.96. The SMILES string of the molecule is CNCCNC(=O)c1cc(S(=O)(=O)NC)cs1. The molecule has 0 unspecified atom stereocenters. The summed E-state index contributed by atoms with van der Waals surface area (Å²) in [5.74, 6) is -0.261. The van der Waals surface area contributed by atoms with Gasteiger partial charge >= 0.3 is 0 Å². The molecule has 0 aliphatic rings. The van der Waals surface area contributed by atoms with Gasteiger partial charge in [-0.25, -0.2) is 13.1 Å². The minimum absolute atomic E-state index is 0.115. The van der Waals surface area contributed by atoms with Crippen LogP contribution < -0.4 is 15.4 Å². The molecule has 1 aromatic rings. The predicted molar refractivity (Wildman–Crippen MR) is 66.8 cm³/mol. The highest BCUT2D eigenvalue weighted by molar-refractivity contribution is 7.89. The summed E-state index contributed by atoms with van der Waals surface area (Å²) in [4.78, 5) is 12.1. The van der Waals surface area contributed by atoms with E-state index >= 15 is 0 Å². The van der Waals surface area contributed by atoms with Gasteiger partial charge in [0.2, 0.25) is 10.0 Å². The van der Waals surface area contributed by atoms with E-state index in [-0.39, 0.29) is 10.8 Å². The molecule has 1 amide bonds. The largest absolute Gasteiger partial charge is 0.350 e. The van der Waals surface area contributed by atoms with Crippen LogP contribution in [0.2, 0.25) is 0 Å². The van der Waals surface area contributed by atoms with Crippen LogP contribution >= 0.6 is 11.3 Å². The van der Waals surface area contributed by atoms with Gasteiger partial charge in [-0.2, -0.15) is 0 Å². The third-order valence-corrected chi connectivity index (χ3v) is 4.51. The monoisotopic (exact) mass is 277 g/mol. The van der Waals surface area contributed by atoms with Crippen molar-refractivity contribution in [1.29, 1.82) is 0 Å². The Labute approximate surface area is 104 Å². The van der Waals surface area contributed by atoms with Crippen LogP contribution in [0.4, 0.5) is 0 Å². The highest BCUT2D eigenvalue weighted by atomic mass is 32.2. The molecule has 0 saturated heterocycles. The molecule has 96 valence electrons. The first kappa shape index (κ1) is 14.1. The molecule has 0 aliphatic carbocycles. The summed E-state index contributed by atoms with van der Waals surface area (Å²) in [6.07, 6.45) is 0. The number of sulfonamides is 1. The molecule has 6 nitrogen and oxygen atoms in total. The number of rotatable bonds is 6. The lowest BCUT2D eigenvalue weighted by Gasteiger charge is -2.01. The molecule has 3 N–H and O–H groups in total. The summed E-state index contributed by atoms with van der Waals surface area (Å²) >= 11 is 1.11. The van der Waals surface area contributed by atoms with Crippen molar-refractivity contribution in [2.45, 2.75) is 4.90 Å². The second-order valence-electron chi connectivity index (χ2n) is 3.21. The summed E-state index contributed by atoms with van der Waals surface area (Å²) < 4.78 is 25.1. The Morgan fingerprint density at radius 1 is 1.35 bits per heavy atom. The normalized spacial score (nSPS) is 11.4. The average molecular weight is 277 g/mol. The first-order valence-corrected chi connectivity index (χ1v) is 7.32. The molecular formula is C9H15N3O3S2. The molecule has 0 atom stereocenters. The van der Waals surface area contributed by atoms with Crippen LogP contribution in [0.1, 0.15) is 9.67 Å². The van der Waals surface area contributed by atoms with Crippen molar-refractivity contribution in [2.24, 2.45) is 0 Å². The second kappa shape index (κ2) is 6.10. The minimum atomic E-state index is -3.47. The fraction of sp³-hybridized carbons (Fsp3) is 0.444. The molecule has 0 fully saturated rings. The topological polar surface area (TPSA) is 87.3 Å². The number of carbonyl (C=O) groups excluding carboxylic acids is 1. The molecule has 0 spiro atoms. The van der Waals surface area contributed by atoms with Gasteiger partial charge in [0.25, 0.3) is 5.91 Å². The quantitative estimate of drug-likeness (QED) is 0.618. The van der Waals surface area contributed by atoms with Gasteiger partial charge in [-0.3, -0.25) is 4.79 Å². The number of hydrogen-bond acceptors (Lipinski definition) is 5.